The van der Waals surface area contributed by atoms with Gasteiger partial charge >= 0.3 is 0 Å². The number of nitrogens with two attached hydrogens (primary N) is 1. The van der Waals surface area contributed by atoms with E-state index in [1.807, 2.05) is 78.9 Å². The number of aryl methyl sites for hydroxylation is 1. The monoisotopic (exact) mass is 430 g/mol. The summed E-state index contributed by atoms with van der Waals surface area (Å²) in [6.07, 6.45) is 0.775. The number of nitrogens with one attached hydrogen (secondary N) is 1. The molecule has 2 amide bonds. The van der Waals surface area contributed by atoms with Crippen LogP contribution >= 0.6 is 11.8 Å². The molecule has 0 spiro atoms. The molecule has 4 aromatic rings. The van der Waals surface area contributed by atoms with E-state index in [9.17, 15) is 9.59 Å². The van der Waals surface area contributed by atoms with Crippen LogP contribution in [0.1, 0.15) is 12.2 Å². The number of carbonyl (C=O) groups is 2. The third-order valence-electron chi connectivity index (χ3n) is 4.75. The number of hydrogen-bond acceptors (Lipinski definition) is 4. The van der Waals surface area contributed by atoms with Crippen LogP contribution in [-0.2, 0) is 16.0 Å². The van der Waals surface area contributed by atoms with Gasteiger partial charge in [0.2, 0.25) is 11.8 Å². The van der Waals surface area contributed by atoms with Crippen LogP contribution in [0.5, 0.6) is 0 Å². The molecular weight excluding hydrogens is 408 g/mol. The predicted octanol–water partition coefficient (Wildman–Crippen LogP) is 4.17. The first-order valence-corrected chi connectivity index (χ1v) is 10.9. The summed E-state index contributed by atoms with van der Waals surface area (Å²) in [5.41, 5.74) is 8.84. The highest BCUT2D eigenvalue weighted by molar-refractivity contribution is 8.00. The maximum atomic E-state index is 12.7. The topological polar surface area (TPSA) is 90.0 Å². The van der Waals surface area contributed by atoms with E-state index >= 15 is 0 Å². The average Bonchev–Trinajstić information content (AvgIpc) is 3.16. The number of aromatic nitrogens is 2. The molecule has 0 saturated heterocycles. The minimum atomic E-state index is -0.397. The number of amides is 2. The van der Waals surface area contributed by atoms with Gasteiger partial charge in [0.05, 0.1) is 22.5 Å². The van der Waals surface area contributed by atoms with E-state index in [4.69, 9.17) is 10.7 Å². The predicted molar refractivity (Wildman–Crippen MR) is 124 cm³/mol. The van der Waals surface area contributed by atoms with Crippen molar-refractivity contribution in [2.45, 2.75) is 17.7 Å². The quantitative estimate of drug-likeness (QED) is 0.411. The van der Waals surface area contributed by atoms with Crippen LogP contribution in [-0.4, -0.2) is 27.1 Å². The normalized spacial score (nSPS) is 10.8. The Morgan fingerprint density at radius 2 is 1.65 bits per heavy atom. The molecule has 0 fully saturated rings. The van der Waals surface area contributed by atoms with Crippen molar-refractivity contribution in [3.63, 3.8) is 0 Å². The number of thioether (sulfide) groups is 1. The molecule has 156 valence electrons. The lowest BCUT2D eigenvalue weighted by molar-refractivity contribution is -0.116. The summed E-state index contributed by atoms with van der Waals surface area (Å²) in [6, 6.07) is 25.4. The molecule has 7 heteroatoms. The molecule has 0 bridgehead atoms. The minimum absolute atomic E-state index is 0.112. The summed E-state index contributed by atoms with van der Waals surface area (Å²) in [5, 5.41) is 2.95. The van der Waals surface area contributed by atoms with Gasteiger partial charge in [-0.3, -0.25) is 14.2 Å². The number of hydrogen-bond donors (Lipinski definition) is 2. The summed E-state index contributed by atoms with van der Waals surface area (Å²) >= 11 is 1.31. The zero-order valence-electron chi connectivity index (χ0n) is 16.8. The molecule has 6 nitrogen and oxygen atoms in total. The van der Waals surface area contributed by atoms with Crippen LogP contribution < -0.4 is 11.1 Å². The maximum absolute atomic E-state index is 12.7. The highest BCUT2D eigenvalue weighted by atomic mass is 32.2. The molecule has 1 aromatic heterocycles. The van der Waals surface area contributed by atoms with Gasteiger partial charge in [-0.1, -0.05) is 42.5 Å². The molecule has 0 atom stereocenters. The summed E-state index contributed by atoms with van der Waals surface area (Å²) < 4.78 is 2.10. The van der Waals surface area contributed by atoms with Crippen LogP contribution in [0.15, 0.2) is 83.8 Å². The lowest BCUT2D eigenvalue weighted by Crippen LogP contribution is -2.15. The SMILES string of the molecule is NC(=O)CSc1ccccc1NC(=O)CCc1nc2ccccc2n1-c1ccccc1. The van der Waals surface area contributed by atoms with Gasteiger partial charge in [0.1, 0.15) is 5.82 Å². The third kappa shape index (κ3) is 4.95. The highest BCUT2D eigenvalue weighted by Crippen LogP contribution is 2.27. The standard InChI is InChI=1S/C24H22N4O2S/c25-22(29)16-31-21-13-7-5-11-19(21)27-24(30)15-14-23-26-18-10-4-6-12-20(18)28(23)17-8-2-1-3-9-17/h1-13H,14-16H2,(H2,25,29)(H,27,30). The van der Waals surface area contributed by atoms with Gasteiger partial charge in [0.15, 0.2) is 0 Å². The summed E-state index contributed by atoms with van der Waals surface area (Å²) in [5.74, 6) is 0.484. The van der Waals surface area contributed by atoms with E-state index in [0.717, 1.165) is 27.4 Å². The lowest BCUT2D eigenvalue weighted by Gasteiger charge is -2.11. The molecule has 3 aromatic carbocycles. The number of fused-ring (bicyclic) bond motifs is 1. The van der Waals surface area contributed by atoms with Crippen molar-refractivity contribution in [3.8, 4) is 5.69 Å². The Hall–Kier alpha value is -3.58. The zero-order valence-corrected chi connectivity index (χ0v) is 17.6. The number of primary amides is 1. The Bertz CT molecular complexity index is 1220. The number of rotatable bonds is 8. The van der Waals surface area contributed by atoms with Crippen molar-refractivity contribution in [1.29, 1.82) is 0 Å². The van der Waals surface area contributed by atoms with Crippen LogP contribution in [0.3, 0.4) is 0 Å². The fourth-order valence-electron chi connectivity index (χ4n) is 3.39. The summed E-state index contributed by atoms with van der Waals surface area (Å²) in [6.45, 7) is 0. The first-order chi connectivity index (χ1) is 15.1. The first kappa shape index (κ1) is 20.7. The number of anilines is 1. The Kier molecular flexibility index (Phi) is 6.33. The van der Waals surface area contributed by atoms with Crippen molar-refractivity contribution < 1.29 is 9.59 Å². The van der Waals surface area contributed by atoms with E-state index in [1.54, 1.807) is 0 Å². The van der Waals surface area contributed by atoms with E-state index in [2.05, 4.69) is 9.88 Å². The van der Waals surface area contributed by atoms with Crippen LogP contribution in [0.4, 0.5) is 5.69 Å². The van der Waals surface area contributed by atoms with Gasteiger partial charge in [-0.25, -0.2) is 4.98 Å². The third-order valence-corrected chi connectivity index (χ3v) is 5.85. The Labute approximate surface area is 184 Å². The second-order valence-electron chi connectivity index (χ2n) is 6.99. The lowest BCUT2D eigenvalue weighted by atomic mass is 10.2. The van der Waals surface area contributed by atoms with E-state index < -0.39 is 5.91 Å². The van der Waals surface area contributed by atoms with Gasteiger partial charge in [-0.05, 0) is 36.4 Å². The molecule has 1 heterocycles. The largest absolute Gasteiger partial charge is 0.369 e. The first-order valence-electron chi connectivity index (χ1n) is 9.93. The molecule has 31 heavy (non-hydrogen) atoms. The number of nitrogens with zero attached hydrogens (tertiary/aromatic N) is 2. The van der Waals surface area contributed by atoms with Gasteiger partial charge in [-0.15, -0.1) is 11.8 Å². The van der Waals surface area contributed by atoms with E-state index in [0.29, 0.717) is 12.1 Å². The van der Waals surface area contributed by atoms with Crippen LogP contribution in [0.2, 0.25) is 0 Å². The molecule has 0 aliphatic carbocycles. The molecule has 0 saturated carbocycles. The summed E-state index contributed by atoms with van der Waals surface area (Å²) in [7, 11) is 0. The van der Waals surface area contributed by atoms with Crippen molar-refractivity contribution in [2.24, 2.45) is 5.73 Å². The molecule has 3 N–H and O–H groups in total. The number of para-hydroxylation sites is 4. The molecule has 0 aliphatic heterocycles. The Morgan fingerprint density at radius 3 is 2.45 bits per heavy atom. The number of carbonyl (C=O) groups excluding carboxylic acids is 2. The minimum Gasteiger partial charge on any atom is -0.369 e. The molecule has 4 rings (SSSR count). The highest BCUT2D eigenvalue weighted by Gasteiger charge is 2.14. The maximum Gasteiger partial charge on any atom is 0.227 e. The van der Waals surface area contributed by atoms with Crippen molar-refractivity contribution in [3.05, 3.63) is 84.7 Å². The second kappa shape index (κ2) is 9.49. The van der Waals surface area contributed by atoms with Gasteiger partial charge < -0.3 is 11.1 Å². The molecule has 0 radical (unpaired) electrons. The van der Waals surface area contributed by atoms with Crippen molar-refractivity contribution >= 4 is 40.3 Å². The van der Waals surface area contributed by atoms with Crippen LogP contribution in [0, 0.1) is 0 Å². The summed E-state index contributed by atoms with van der Waals surface area (Å²) in [4.78, 5) is 29.4. The van der Waals surface area contributed by atoms with Crippen molar-refractivity contribution in [2.75, 3.05) is 11.1 Å². The van der Waals surface area contributed by atoms with Gasteiger partial charge in [-0.2, -0.15) is 0 Å². The van der Waals surface area contributed by atoms with E-state index in [1.165, 1.54) is 11.8 Å². The number of benzene rings is 3. The molecule has 0 unspecified atom stereocenters. The fraction of sp³-hybridized carbons (Fsp3) is 0.125. The number of imidazole rings is 1. The Balaban J connectivity index is 1.52. The van der Waals surface area contributed by atoms with Crippen molar-refractivity contribution in [1.82, 2.24) is 9.55 Å². The molecular formula is C24H22N4O2S. The smallest absolute Gasteiger partial charge is 0.227 e. The average molecular weight is 431 g/mol. The van der Waals surface area contributed by atoms with Crippen LogP contribution in [0.25, 0.3) is 16.7 Å². The zero-order chi connectivity index (χ0) is 21.6. The Morgan fingerprint density at radius 1 is 0.935 bits per heavy atom. The van der Waals surface area contributed by atoms with E-state index in [-0.39, 0.29) is 18.1 Å². The fourth-order valence-corrected chi connectivity index (χ4v) is 4.14. The molecule has 0 aliphatic rings. The second-order valence-corrected chi connectivity index (χ2v) is 8.00. The van der Waals surface area contributed by atoms with Gasteiger partial charge in [0, 0.05) is 23.4 Å². The van der Waals surface area contributed by atoms with Gasteiger partial charge in [0.25, 0.3) is 0 Å².